The molecule has 0 spiro atoms. The highest BCUT2D eigenvalue weighted by atomic mass is 35.5. The molecule has 5 heteroatoms. The van der Waals surface area contributed by atoms with Gasteiger partial charge in [-0.2, -0.15) is 4.98 Å². The molecule has 2 rings (SSSR count). The van der Waals surface area contributed by atoms with Gasteiger partial charge >= 0.3 is 0 Å². The van der Waals surface area contributed by atoms with E-state index >= 15 is 0 Å². The van der Waals surface area contributed by atoms with Crippen LogP contribution in [0, 0.1) is 0 Å². The molecule has 1 atom stereocenters. The zero-order valence-corrected chi connectivity index (χ0v) is 10.3. The summed E-state index contributed by atoms with van der Waals surface area (Å²) in [4.78, 5) is 4.35. The van der Waals surface area contributed by atoms with Gasteiger partial charge < -0.3 is 10.3 Å². The number of nitrogens with two attached hydrogens (primary N) is 1. The van der Waals surface area contributed by atoms with Gasteiger partial charge in [-0.25, -0.2) is 0 Å². The van der Waals surface area contributed by atoms with Crippen LogP contribution < -0.4 is 5.73 Å². The summed E-state index contributed by atoms with van der Waals surface area (Å²) in [5.41, 5.74) is 6.52. The average Bonchev–Trinajstić information content (AvgIpc) is 2.81. The minimum absolute atomic E-state index is 0.128. The van der Waals surface area contributed by atoms with Gasteiger partial charge in [-0.05, 0) is 30.7 Å². The Hall–Kier alpha value is -1.39. The minimum Gasteiger partial charge on any atom is -0.339 e. The maximum Gasteiger partial charge on any atom is 0.231 e. The molecule has 90 valence electrons. The fraction of sp³-hybridized carbons (Fsp3) is 0.333. The minimum atomic E-state index is 0.128. The number of nitrogens with zero attached hydrogens (tertiary/aromatic N) is 2. The zero-order chi connectivity index (χ0) is 12.3. The highest BCUT2D eigenvalue weighted by Crippen LogP contribution is 2.22. The first-order chi connectivity index (χ1) is 8.24. The van der Waals surface area contributed by atoms with E-state index in [-0.39, 0.29) is 5.92 Å². The van der Waals surface area contributed by atoms with E-state index in [1.54, 1.807) is 12.1 Å². The Morgan fingerprint density at radius 3 is 2.65 bits per heavy atom. The van der Waals surface area contributed by atoms with Crippen LogP contribution in [0.1, 0.15) is 25.2 Å². The van der Waals surface area contributed by atoms with Gasteiger partial charge in [-0.3, -0.25) is 0 Å². The summed E-state index contributed by atoms with van der Waals surface area (Å²) >= 11 is 5.82. The van der Waals surface area contributed by atoms with E-state index < -0.39 is 0 Å². The second kappa shape index (κ2) is 5.29. The molecule has 0 saturated heterocycles. The Kier molecular flexibility index (Phi) is 3.76. The SMILES string of the molecule is CCC(CN)c1nc(-c2ccc(Cl)cc2)no1. The van der Waals surface area contributed by atoms with E-state index in [1.807, 2.05) is 19.1 Å². The van der Waals surface area contributed by atoms with E-state index in [0.717, 1.165) is 12.0 Å². The smallest absolute Gasteiger partial charge is 0.231 e. The van der Waals surface area contributed by atoms with E-state index in [4.69, 9.17) is 21.9 Å². The highest BCUT2D eigenvalue weighted by molar-refractivity contribution is 6.30. The summed E-state index contributed by atoms with van der Waals surface area (Å²) in [5.74, 6) is 1.30. The normalized spacial score (nSPS) is 12.6. The molecule has 0 aliphatic heterocycles. The molecule has 0 fully saturated rings. The van der Waals surface area contributed by atoms with Crippen molar-refractivity contribution < 1.29 is 4.52 Å². The standard InChI is InChI=1S/C12H14ClN3O/c1-2-8(7-14)12-15-11(16-17-12)9-3-5-10(13)6-4-9/h3-6,8H,2,7,14H2,1H3. The molecule has 0 amide bonds. The van der Waals surface area contributed by atoms with Gasteiger partial charge in [-0.15, -0.1) is 0 Å². The first-order valence-electron chi connectivity index (χ1n) is 5.54. The molecule has 17 heavy (non-hydrogen) atoms. The molecule has 0 saturated carbocycles. The van der Waals surface area contributed by atoms with Gasteiger partial charge in [0.15, 0.2) is 0 Å². The Labute approximate surface area is 105 Å². The topological polar surface area (TPSA) is 64.9 Å². The lowest BCUT2D eigenvalue weighted by atomic mass is 10.1. The van der Waals surface area contributed by atoms with Crippen LogP contribution in [-0.4, -0.2) is 16.7 Å². The lowest BCUT2D eigenvalue weighted by molar-refractivity contribution is 0.351. The van der Waals surface area contributed by atoms with E-state index in [0.29, 0.717) is 23.3 Å². The van der Waals surface area contributed by atoms with Crippen molar-refractivity contribution in [3.05, 3.63) is 35.2 Å². The summed E-state index contributed by atoms with van der Waals surface area (Å²) < 4.78 is 5.22. The number of hydrogen-bond donors (Lipinski definition) is 1. The third-order valence-corrected chi connectivity index (χ3v) is 2.92. The second-order valence-corrected chi connectivity index (χ2v) is 4.24. The molecule has 4 nitrogen and oxygen atoms in total. The van der Waals surface area contributed by atoms with Gasteiger partial charge in [0, 0.05) is 17.1 Å². The first kappa shape index (κ1) is 12.1. The summed E-state index contributed by atoms with van der Waals surface area (Å²) in [6.07, 6.45) is 0.888. The lowest BCUT2D eigenvalue weighted by Crippen LogP contribution is -2.11. The molecule has 0 aliphatic rings. The predicted molar refractivity (Wildman–Crippen MR) is 66.8 cm³/mol. The molecule has 1 heterocycles. The fourth-order valence-corrected chi connectivity index (χ4v) is 1.69. The first-order valence-corrected chi connectivity index (χ1v) is 5.92. The molecule has 0 bridgehead atoms. The molecule has 2 aromatic rings. The molecule has 0 radical (unpaired) electrons. The Balaban J connectivity index is 2.26. The van der Waals surface area contributed by atoms with Crippen LogP contribution in [0.3, 0.4) is 0 Å². The predicted octanol–water partition coefficient (Wildman–Crippen LogP) is 2.84. The number of halogens is 1. The molecule has 2 N–H and O–H groups in total. The van der Waals surface area contributed by atoms with Crippen LogP contribution in [0.25, 0.3) is 11.4 Å². The third kappa shape index (κ3) is 2.65. The molecule has 0 aliphatic carbocycles. The fourth-order valence-electron chi connectivity index (χ4n) is 1.56. The Morgan fingerprint density at radius 2 is 2.06 bits per heavy atom. The van der Waals surface area contributed by atoms with Gasteiger partial charge in [-0.1, -0.05) is 23.7 Å². The molecular formula is C12H14ClN3O. The number of aromatic nitrogens is 2. The van der Waals surface area contributed by atoms with Crippen LogP contribution in [0.4, 0.5) is 0 Å². The van der Waals surface area contributed by atoms with Crippen molar-refractivity contribution in [2.45, 2.75) is 19.3 Å². The van der Waals surface area contributed by atoms with Crippen LogP contribution in [0.2, 0.25) is 5.02 Å². The largest absolute Gasteiger partial charge is 0.339 e. The van der Waals surface area contributed by atoms with Gasteiger partial charge in [0.25, 0.3) is 0 Å². The number of benzene rings is 1. The average molecular weight is 252 g/mol. The Bertz CT molecular complexity index is 477. The lowest BCUT2D eigenvalue weighted by Gasteiger charge is -2.04. The number of rotatable bonds is 4. The quantitative estimate of drug-likeness (QED) is 0.908. The molecule has 1 aromatic carbocycles. The maximum absolute atomic E-state index is 5.82. The van der Waals surface area contributed by atoms with Gasteiger partial charge in [0.1, 0.15) is 0 Å². The van der Waals surface area contributed by atoms with Crippen LogP contribution >= 0.6 is 11.6 Å². The van der Waals surface area contributed by atoms with Gasteiger partial charge in [0.2, 0.25) is 11.7 Å². The number of hydrogen-bond acceptors (Lipinski definition) is 4. The summed E-state index contributed by atoms with van der Waals surface area (Å²) in [7, 11) is 0. The summed E-state index contributed by atoms with van der Waals surface area (Å²) in [6.45, 7) is 2.56. The van der Waals surface area contributed by atoms with Crippen molar-refractivity contribution in [2.24, 2.45) is 5.73 Å². The van der Waals surface area contributed by atoms with Crippen molar-refractivity contribution in [3.63, 3.8) is 0 Å². The second-order valence-electron chi connectivity index (χ2n) is 3.80. The molecular weight excluding hydrogens is 238 g/mol. The third-order valence-electron chi connectivity index (χ3n) is 2.67. The van der Waals surface area contributed by atoms with Crippen LogP contribution in [0.15, 0.2) is 28.8 Å². The highest BCUT2D eigenvalue weighted by Gasteiger charge is 2.16. The maximum atomic E-state index is 5.82. The molecule has 1 aromatic heterocycles. The van der Waals surface area contributed by atoms with E-state index in [9.17, 15) is 0 Å². The zero-order valence-electron chi connectivity index (χ0n) is 9.56. The summed E-state index contributed by atoms with van der Waals surface area (Å²) in [5, 5.41) is 4.63. The van der Waals surface area contributed by atoms with Crippen molar-refractivity contribution in [1.29, 1.82) is 0 Å². The summed E-state index contributed by atoms with van der Waals surface area (Å²) in [6, 6.07) is 7.32. The van der Waals surface area contributed by atoms with E-state index in [2.05, 4.69) is 10.1 Å². The monoisotopic (exact) mass is 251 g/mol. The van der Waals surface area contributed by atoms with Crippen molar-refractivity contribution in [1.82, 2.24) is 10.1 Å². The van der Waals surface area contributed by atoms with Crippen molar-refractivity contribution in [3.8, 4) is 11.4 Å². The van der Waals surface area contributed by atoms with Crippen LogP contribution in [-0.2, 0) is 0 Å². The van der Waals surface area contributed by atoms with Crippen LogP contribution in [0.5, 0.6) is 0 Å². The van der Waals surface area contributed by atoms with Gasteiger partial charge in [0.05, 0.1) is 5.92 Å². The Morgan fingerprint density at radius 1 is 1.35 bits per heavy atom. The molecule has 1 unspecified atom stereocenters. The van der Waals surface area contributed by atoms with Crippen molar-refractivity contribution >= 4 is 11.6 Å². The van der Waals surface area contributed by atoms with E-state index in [1.165, 1.54) is 0 Å². The van der Waals surface area contributed by atoms with Crippen molar-refractivity contribution in [2.75, 3.05) is 6.54 Å².